The number of rotatable bonds is 5. The molecule has 0 aliphatic heterocycles. The van der Waals surface area contributed by atoms with Crippen LogP contribution in [0.1, 0.15) is 34.1 Å². The molecule has 2 atom stereocenters. The second-order valence-corrected chi connectivity index (χ2v) is 3.97. The molecule has 0 aromatic heterocycles. The molecule has 0 rings (SSSR count). The fourth-order valence-electron chi connectivity index (χ4n) is 1.52. The summed E-state index contributed by atoms with van der Waals surface area (Å²) in [5.41, 5.74) is 0. The summed E-state index contributed by atoms with van der Waals surface area (Å²) in [7, 11) is 0. The molecule has 0 unspecified atom stereocenters. The van der Waals surface area contributed by atoms with Gasteiger partial charge in [-0.15, -0.1) is 0 Å². The first-order valence-corrected chi connectivity index (χ1v) is 5.09. The lowest BCUT2D eigenvalue weighted by atomic mass is 9.88. The lowest BCUT2D eigenvalue weighted by Crippen LogP contribution is -2.23. The first-order valence-electron chi connectivity index (χ1n) is 5.09. The molecule has 0 fully saturated rings. The SMILES string of the molecule is CCOC(=O)[C@@H](C#N)[C@H](C)CC(C)C. The van der Waals surface area contributed by atoms with Gasteiger partial charge in [0, 0.05) is 0 Å². The molecule has 0 aromatic carbocycles. The van der Waals surface area contributed by atoms with Gasteiger partial charge in [0.2, 0.25) is 0 Å². The maximum absolute atomic E-state index is 11.4. The van der Waals surface area contributed by atoms with E-state index in [9.17, 15) is 4.79 Å². The van der Waals surface area contributed by atoms with Crippen LogP contribution in [-0.2, 0) is 9.53 Å². The minimum absolute atomic E-state index is 0.0686. The van der Waals surface area contributed by atoms with Crippen molar-refractivity contribution < 1.29 is 9.53 Å². The number of carbonyl (C=O) groups excluding carboxylic acids is 1. The standard InChI is InChI=1S/C11H19NO2/c1-5-14-11(13)10(7-12)9(4)6-8(2)3/h8-10H,5-6H2,1-4H3/t9-,10+/m1/s1. The summed E-state index contributed by atoms with van der Waals surface area (Å²) in [6.45, 7) is 8.17. The summed E-state index contributed by atoms with van der Waals surface area (Å²) in [5.74, 6) is -0.435. The van der Waals surface area contributed by atoms with Gasteiger partial charge in [0.1, 0.15) is 5.92 Å². The Labute approximate surface area is 86.1 Å². The second-order valence-electron chi connectivity index (χ2n) is 3.97. The Morgan fingerprint density at radius 1 is 1.43 bits per heavy atom. The van der Waals surface area contributed by atoms with Crippen molar-refractivity contribution in [3.63, 3.8) is 0 Å². The van der Waals surface area contributed by atoms with E-state index in [2.05, 4.69) is 13.8 Å². The Hall–Kier alpha value is -1.04. The Morgan fingerprint density at radius 3 is 2.36 bits per heavy atom. The van der Waals surface area contributed by atoms with E-state index in [0.29, 0.717) is 12.5 Å². The summed E-state index contributed by atoms with van der Waals surface area (Å²) >= 11 is 0. The highest BCUT2D eigenvalue weighted by molar-refractivity contribution is 5.75. The second kappa shape index (κ2) is 6.42. The van der Waals surface area contributed by atoms with Crippen LogP contribution in [0.4, 0.5) is 0 Å². The van der Waals surface area contributed by atoms with Gasteiger partial charge in [-0.2, -0.15) is 5.26 Å². The van der Waals surface area contributed by atoms with Gasteiger partial charge in [0.15, 0.2) is 0 Å². The van der Waals surface area contributed by atoms with Gasteiger partial charge in [-0.1, -0.05) is 20.8 Å². The molecule has 0 aromatic rings. The number of nitriles is 1. The molecule has 0 saturated carbocycles. The molecule has 0 aliphatic rings. The van der Waals surface area contributed by atoms with Crippen molar-refractivity contribution in [1.29, 1.82) is 5.26 Å². The average Bonchev–Trinajstić information content (AvgIpc) is 2.04. The summed E-state index contributed by atoms with van der Waals surface area (Å²) in [6, 6.07) is 2.02. The smallest absolute Gasteiger partial charge is 0.323 e. The van der Waals surface area contributed by atoms with E-state index < -0.39 is 5.92 Å². The quantitative estimate of drug-likeness (QED) is 0.636. The summed E-state index contributed by atoms with van der Waals surface area (Å²) in [4.78, 5) is 11.4. The third kappa shape index (κ3) is 4.27. The zero-order valence-corrected chi connectivity index (χ0v) is 9.41. The van der Waals surface area contributed by atoms with Crippen molar-refractivity contribution >= 4 is 5.97 Å². The lowest BCUT2D eigenvalue weighted by molar-refractivity contribution is -0.147. The molecule has 0 heterocycles. The predicted octanol–water partition coefficient (Wildman–Crippen LogP) is 2.37. The van der Waals surface area contributed by atoms with Gasteiger partial charge in [0.25, 0.3) is 0 Å². The molecule has 0 spiro atoms. The molecule has 0 aliphatic carbocycles. The minimum atomic E-state index is -0.614. The molecule has 80 valence electrons. The predicted molar refractivity (Wildman–Crippen MR) is 54.4 cm³/mol. The number of nitrogens with zero attached hydrogens (tertiary/aromatic N) is 1. The fraction of sp³-hybridized carbons (Fsp3) is 0.818. The molecule has 14 heavy (non-hydrogen) atoms. The van der Waals surface area contributed by atoms with E-state index >= 15 is 0 Å². The van der Waals surface area contributed by atoms with Crippen molar-refractivity contribution in [3.05, 3.63) is 0 Å². The summed E-state index contributed by atoms with van der Waals surface area (Å²) in [6.07, 6.45) is 0.872. The van der Waals surface area contributed by atoms with Gasteiger partial charge >= 0.3 is 5.97 Å². The Morgan fingerprint density at radius 2 is 2.00 bits per heavy atom. The molecular formula is C11H19NO2. The van der Waals surface area contributed by atoms with Crippen LogP contribution in [0.3, 0.4) is 0 Å². The molecule has 0 amide bonds. The molecule has 0 saturated heterocycles. The highest BCUT2D eigenvalue weighted by Crippen LogP contribution is 2.20. The van der Waals surface area contributed by atoms with E-state index in [1.165, 1.54) is 0 Å². The first kappa shape index (κ1) is 13.0. The molecule has 0 radical (unpaired) electrons. The van der Waals surface area contributed by atoms with Crippen molar-refractivity contribution in [1.82, 2.24) is 0 Å². The number of hydrogen-bond acceptors (Lipinski definition) is 3. The Balaban J connectivity index is 4.26. The fourth-order valence-corrected chi connectivity index (χ4v) is 1.52. The van der Waals surface area contributed by atoms with Crippen LogP contribution in [0.5, 0.6) is 0 Å². The van der Waals surface area contributed by atoms with Crippen LogP contribution in [0.15, 0.2) is 0 Å². The van der Waals surface area contributed by atoms with Crippen LogP contribution in [0.25, 0.3) is 0 Å². The normalized spacial score (nSPS) is 14.6. The van der Waals surface area contributed by atoms with Crippen LogP contribution in [0, 0.1) is 29.1 Å². The van der Waals surface area contributed by atoms with Crippen molar-refractivity contribution in [2.24, 2.45) is 17.8 Å². The number of esters is 1. The number of carbonyl (C=O) groups is 1. The largest absolute Gasteiger partial charge is 0.465 e. The molecule has 0 bridgehead atoms. The molecular weight excluding hydrogens is 178 g/mol. The molecule has 0 N–H and O–H groups in total. The van der Waals surface area contributed by atoms with E-state index in [1.807, 2.05) is 13.0 Å². The third-order valence-electron chi connectivity index (χ3n) is 2.09. The Bertz CT molecular complexity index is 218. The van der Waals surface area contributed by atoms with Gasteiger partial charge in [-0.3, -0.25) is 4.79 Å². The monoisotopic (exact) mass is 197 g/mol. The number of hydrogen-bond donors (Lipinski definition) is 0. The molecule has 3 nitrogen and oxygen atoms in total. The van der Waals surface area contributed by atoms with Crippen molar-refractivity contribution in [2.75, 3.05) is 6.61 Å². The topological polar surface area (TPSA) is 50.1 Å². The van der Waals surface area contributed by atoms with Crippen molar-refractivity contribution in [2.45, 2.75) is 34.1 Å². The van der Waals surface area contributed by atoms with Gasteiger partial charge in [-0.05, 0) is 25.2 Å². The maximum atomic E-state index is 11.4. The zero-order chi connectivity index (χ0) is 11.1. The summed E-state index contributed by atoms with van der Waals surface area (Å²) in [5, 5.41) is 8.86. The van der Waals surface area contributed by atoms with Gasteiger partial charge in [0.05, 0.1) is 12.7 Å². The summed E-state index contributed by atoms with van der Waals surface area (Å²) < 4.78 is 4.84. The van der Waals surface area contributed by atoms with E-state index in [-0.39, 0.29) is 11.9 Å². The van der Waals surface area contributed by atoms with E-state index in [1.54, 1.807) is 6.92 Å². The maximum Gasteiger partial charge on any atom is 0.323 e. The Kier molecular flexibility index (Phi) is 5.94. The third-order valence-corrected chi connectivity index (χ3v) is 2.09. The van der Waals surface area contributed by atoms with Crippen LogP contribution < -0.4 is 0 Å². The number of ether oxygens (including phenoxy) is 1. The van der Waals surface area contributed by atoms with Crippen LogP contribution in [-0.4, -0.2) is 12.6 Å². The van der Waals surface area contributed by atoms with Gasteiger partial charge in [-0.25, -0.2) is 0 Å². The lowest BCUT2D eigenvalue weighted by Gasteiger charge is -2.17. The van der Waals surface area contributed by atoms with Crippen LogP contribution >= 0.6 is 0 Å². The first-order chi connectivity index (χ1) is 6.52. The zero-order valence-electron chi connectivity index (χ0n) is 9.41. The van der Waals surface area contributed by atoms with Gasteiger partial charge < -0.3 is 4.74 Å². The average molecular weight is 197 g/mol. The highest BCUT2D eigenvalue weighted by atomic mass is 16.5. The molecule has 3 heteroatoms. The van der Waals surface area contributed by atoms with E-state index in [4.69, 9.17) is 10.00 Å². The minimum Gasteiger partial charge on any atom is -0.465 e. The van der Waals surface area contributed by atoms with Crippen LogP contribution in [0.2, 0.25) is 0 Å². The highest BCUT2D eigenvalue weighted by Gasteiger charge is 2.26. The van der Waals surface area contributed by atoms with E-state index in [0.717, 1.165) is 6.42 Å². The van der Waals surface area contributed by atoms with Crippen molar-refractivity contribution in [3.8, 4) is 6.07 Å².